The van der Waals surface area contributed by atoms with E-state index < -0.39 is 0 Å². The zero-order chi connectivity index (χ0) is 11.0. The Morgan fingerprint density at radius 3 is 3.12 bits per heavy atom. The zero-order valence-electron chi connectivity index (χ0n) is 8.29. The molecule has 3 nitrogen and oxygen atoms in total. The van der Waals surface area contributed by atoms with Gasteiger partial charge in [0.25, 0.3) is 0 Å². The number of hydrogen-bond donors (Lipinski definition) is 0. The summed E-state index contributed by atoms with van der Waals surface area (Å²) in [4.78, 5) is 5.46. The molecule has 3 aromatic rings. The van der Waals surface area contributed by atoms with Gasteiger partial charge in [-0.1, -0.05) is 12.1 Å². The molecule has 0 saturated heterocycles. The minimum atomic E-state index is 0.661. The van der Waals surface area contributed by atoms with Gasteiger partial charge in [-0.15, -0.1) is 11.3 Å². The second-order valence-electron chi connectivity index (χ2n) is 3.41. The van der Waals surface area contributed by atoms with Gasteiger partial charge < -0.3 is 0 Å². The molecule has 0 unspecified atom stereocenters. The largest absolute Gasteiger partial charge is 0.297 e. The second kappa shape index (κ2) is 3.47. The molecule has 1 aromatic carbocycles. The van der Waals surface area contributed by atoms with Crippen LogP contribution in [-0.2, 0) is 0 Å². The summed E-state index contributed by atoms with van der Waals surface area (Å²) in [5.41, 5.74) is 2.55. The predicted octanol–water partition coefficient (Wildman–Crippen LogP) is 2.93. The van der Waals surface area contributed by atoms with E-state index in [1.807, 2.05) is 40.4 Å². The van der Waals surface area contributed by atoms with Crippen molar-refractivity contribution in [2.75, 3.05) is 0 Å². The van der Waals surface area contributed by atoms with Crippen molar-refractivity contribution in [3.63, 3.8) is 0 Å². The minimum Gasteiger partial charge on any atom is -0.297 e. The van der Waals surface area contributed by atoms with Crippen molar-refractivity contribution in [2.45, 2.75) is 0 Å². The van der Waals surface area contributed by atoms with Gasteiger partial charge in [0.15, 0.2) is 4.96 Å². The van der Waals surface area contributed by atoms with Crippen LogP contribution in [0.15, 0.2) is 42.0 Å². The van der Waals surface area contributed by atoms with Crippen molar-refractivity contribution >= 4 is 16.3 Å². The van der Waals surface area contributed by atoms with Gasteiger partial charge in [-0.25, -0.2) is 4.98 Å². The third kappa shape index (κ3) is 1.38. The highest BCUT2D eigenvalue weighted by Gasteiger charge is 2.05. The molecule has 76 valence electrons. The number of imidazole rings is 1. The van der Waals surface area contributed by atoms with E-state index in [0.29, 0.717) is 5.56 Å². The van der Waals surface area contributed by atoms with Crippen LogP contribution in [0.5, 0.6) is 0 Å². The topological polar surface area (TPSA) is 41.1 Å². The third-order valence-corrected chi connectivity index (χ3v) is 3.15. The van der Waals surface area contributed by atoms with E-state index in [0.717, 1.165) is 16.2 Å². The van der Waals surface area contributed by atoms with E-state index in [2.05, 4.69) is 11.1 Å². The smallest absolute Gasteiger partial charge is 0.194 e. The molecule has 4 heteroatoms. The summed E-state index contributed by atoms with van der Waals surface area (Å²) in [5, 5.41) is 10.8. The van der Waals surface area contributed by atoms with E-state index in [9.17, 15) is 0 Å². The molecule has 3 rings (SSSR count). The molecule has 0 aliphatic rings. The molecule has 0 saturated carbocycles. The monoisotopic (exact) mass is 225 g/mol. The Morgan fingerprint density at radius 1 is 1.38 bits per heavy atom. The van der Waals surface area contributed by atoms with Crippen LogP contribution in [0.1, 0.15) is 5.56 Å². The first kappa shape index (κ1) is 9.13. The summed E-state index contributed by atoms with van der Waals surface area (Å²) >= 11 is 1.60. The van der Waals surface area contributed by atoms with Crippen molar-refractivity contribution < 1.29 is 0 Å². The number of fused-ring (bicyclic) bond motifs is 1. The van der Waals surface area contributed by atoms with Crippen LogP contribution in [0.4, 0.5) is 0 Å². The molecular weight excluding hydrogens is 218 g/mol. The van der Waals surface area contributed by atoms with Crippen LogP contribution >= 0.6 is 11.3 Å². The number of nitriles is 1. The average Bonchev–Trinajstić information content (AvgIpc) is 2.89. The van der Waals surface area contributed by atoms with Crippen molar-refractivity contribution in [3.8, 4) is 17.3 Å². The standard InChI is InChI=1S/C12H7N3S/c13-7-9-2-1-3-10(6-9)11-8-15-4-5-16-12(15)14-11/h1-6,8H. The number of thiazole rings is 1. The maximum absolute atomic E-state index is 8.84. The van der Waals surface area contributed by atoms with Crippen LogP contribution in [0.25, 0.3) is 16.2 Å². The van der Waals surface area contributed by atoms with Crippen LogP contribution in [0.3, 0.4) is 0 Å². The first-order valence-corrected chi connectivity index (χ1v) is 5.67. The third-order valence-electron chi connectivity index (χ3n) is 2.38. The van der Waals surface area contributed by atoms with Gasteiger partial charge in [0.2, 0.25) is 0 Å². The molecule has 2 heterocycles. The van der Waals surface area contributed by atoms with Gasteiger partial charge in [0.05, 0.1) is 17.3 Å². The first-order valence-electron chi connectivity index (χ1n) is 4.79. The van der Waals surface area contributed by atoms with Crippen molar-refractivity contribution in [3.05, 3.63) is 47.6 Å². The van der Waals surface area contributed by atoms with Crippen LogP contribution in [0, 0.1) is 11.3 Å². The maximum Gasteiger partial charge on any atom is 0.194 e. The molecule has 2 aromatic heterocycles. The Labute approximate surface area is 96.2 Å². The Morgan fingerprint density at radius 2 is 2.31 bits per heavy atom. The second-order valence-corrected chi connectivity index (χ2v) is 4.28. The average molecular weight is 225 g/mol. The zero-order valence-corrected chi connectivity index (χ0v) is 9.11. The highest BCUT2D eigenvalue weighted by Crippen LogP contribution is 2.21. The number of aromatic nitrogens is 2. The molecule has 0 atom stereocenters. The number of nitrogens with zero attached hydrogens (tertiary/aromatic N) is 3. The van der Waals surface area contributed by atoms with E-state index >= 15 is 0 Å². The molecule has 0 amide bonds. The van der Waals surface area contributed by atoms with E-state index in [-0.39, 0.29) is 0 Å². The van der Waals surface area contributed by atoms with Crippen molar-refractivity contribution in [1.29, 1.82) is 5.26 Å². The molecule has 0 aliphatic heterocycles. The van der Waals surface area contributed by atoms with Gasteiger partial charge in [-0.05, 0) is 12.1 Å². The molecule has 0 bridgehead atoms. The predicted molar refractivity (Wildman–Crippen MR) is 63.2 cm³/mol. The Bertz CT molecular complexity index is 659. The molecule has 0 radical (unpaired) electrons. The summed E-state index contributed by atoms with van der Waals surface area (Å²) in [5.74, 6) is 0. The van der Waals surface area contributed by atoms with Crippen LogP contribution < -0.4 is 0 Å². The normalized spacial score (nSPS) is 10.4. The summed E-state index contributed by atoms with van der Waals surface area (Å²) in [6, 6.07) is 9.62. The van der Waals surface area contributed by atoms with Gasteiger partial charge in [-0.2, -0.15) is 5.26 Å². The van der Waals surface area contributed by atoms with E-state index in [1.165, 1.54) is 0 Å². The SMILES string of the molecule is N#Cc1cccc(-c2cn3ccsc3n2)c1. The van der Waals surface area contributed by atoms with Gasteiger partial charge in [-0.3, -0.25) is 4.40 Å². The number of hydrogen-bond acceptors (Lipinski definition) is 3. The lowest BCUT2D eigenvalue weighted by Crippen LogP contribution is -1.79. The van der Waals surface area contributed by atoms with Crippen LogP contribution in [-0.4, -0.2) is 9.38 Å². The Hall–Kier alpha value is -2.12. The summed E-state index contributed by atoms with van der Waals surface area (Å²) in [6.45, 7) is 0. The number of benzene rings is 1. The van der Waals surface area contributed by atoms with Gasteiger partial charge in [0, 0.05) is 23.3 Å². The quantitative estimate of drug-likeness (QED) is 0.639. The lowest BCUT2D eigenvalue weighted by Gasteiger charge is -1.95. The van der Waals surface area contributed by atoms with E-state index in [4.69, 9.17) is 5.26 Å². The lowest BCUT2D eigenvalue weighted by molar-refractivity contribution is 1.23. The summed E-state index contributed by atoms with van der Waals surface area (Å²) in [6.07, 6.45) is 3.95. The fourth-order valence-corrected chi connectivity index (χ4v) is 2.31. The molecule has 0 N–H and O–H groups in total. The lowest BCUT2D eigenvalue weighted by atomic mass is 10.1. The fraction of sp³-hybridized carbons (Fsp3) is 0. The van der Waals surface area contributed by atoms with Crippen LogP contribution in [0.2, 0.25) is 0 Å². The van der Waals surface area contributed by atoms with Gasteiger partial charge >= 0.3 is 0 Å². The maximum atomic E-state index is 8.84. The fourth-order valence-electron chi connectivity index (χ4n) is 1.61. The molecule has 0 spiro atoms. The van der Waals surface area contributed by atoms with Crippen molar-refractivity contribution in [1.82, 2.24) is 9.38 Å². The molecule has 0 fully saturated rings. The highest BCUT2D eigenvalue weighted by atomic mass is 32.1. The van der Waals surface area contributed by atoms with Crippen molar-refractivity contribution in [2.24, 2.45) is 0 Å². The Balaban J connectivity index is 2.16. The van der Waals surface area contributed by atoms with Gasteiger partial charge in [0.1, 0.15) is 0 Å². The van der Waals surface area contributed by atoms with E-state index in [1.54, 1.807) is 17.4 Å². The molecule has 16 heavy (non-hydrogen) atoms. The first-order chi connectivity index (χ1) is 7.86. The summed E-state index contributed by atoms with van der Waals surface area (Å²) < 4.78 is 1.99. The minimum absolute atomic E-state index is 0.661. The molecular formula is C12H7N3S. The summed E-state index contributed by atoms with van der Waals surface area (Å²) in [7, 11) is 0. The molecule has 0 aliphatic carbocycles. The highest BCUT2D eigenvalue weighted by molar-refractivity contribution is 7.15. The number of rotatable bonds is 1. The Kier molecular flexibility index (Phi) is 1.98.